The fraction of sp³-hybridized carbons (Fsp3) is 0.462. The van der Waals surface area contributed by atoms with Crippen molar-refractivity contribution in [1.29, 1.82) is 0 Å². The van der Waals surface area contributed by atoms with E-state index < -0.39 is 0 Å². The summed E-state index contributed by atoms with van der Waals surface area (Å²) in [5, 5.41) is 4.52. The molecule has 0 radical (unpaired) electrons. The molecule has 4 heteroatoms. The number of fused-ring (bicyclic) bond motifs is 1. The normalized spacial score (nSPS) is 19.8. The Hall–Kier alpha value is -1.55. The van der Waals surface area contributed by atoms with Gasteiger partial charge < -0.3 is 14.6 Å². The standard InChI is InChI=1S/C13H17N3O/c1-13(2)9-14-6-7-16(13)12-10-4-8-17-11(10)3-5-15-12/h3-5,8,14H,6-7,9H2,1-2H3. The SMILES string of the molecule is CC1(C)CNCCN1c1nccc2occc12. The lowest BCUT2D eigenvalue weighted by Gasteiger charge is -2.43. The van der Waals surface area contributed by atoms with Gasteiger partial charge in [-0.2, -0.15) is 0 Å². The molecule has 0 saturated carbocycles. The quantitative estimate of drug-likeness (QED) is 0.815. The van der Waals surface area contributed by atoms with E-state index in [-0.39, 0.29) is 5.54 Å². The number of hydrogen-bond acceptors (Lipinski definition) is 4. The first-order valence-electron chi connectivity index (χ1n) is 5.99. The van der Waals surface area contributed by atoms with Crippen molar-refractivity contribution in [2.24, 2.45) is 0 Å². The van der Waals surface area contributed by atoms with Crippen molar-refractivity contribution in [3.8, 4) is 0 Å². The van der Waals surface area contributed by atoms with Crippen LogP contribution in [-0.4, -0.2) is 30.2 Å². The maximum atomic E-state index is 5.44. The van der Waals surface area contributed by atoms with E-state index >= 15 is 0 Å². The highest BCUT2D eigenvalue weighted by molar-refractivity contribution is 5.88. The molecule has 0 atom stereocenters. The van der Waals surface area contributed by atoms with Crippen LogP contribution in [0.25, 0.3) is 11.0 Å². The topological polar surface area (TPSA) is 41.3 Å². The largest absolute Gasteiger partial charge is 0.464 e. The van der Waals surface area contributed by atoms with Gasteiger partial charge in [0.15, 0.2) is 0 Å². The minimum atomic E-state index is 0.0802. The van der Waals surface area contributed by atoms with E-state index in [1.54, 1.807) is 6.26 Å². The summed E-state index contributed by atoms with van der Waals surface area (Å²) in [6.45, 7) is 7.42. The average molecular weight is 231 g/mol. The first kappa shape index (κ1) is 10.6. The summed E-state index contributed by atoms with van der Waals surface area (Å²) in [6.07, 6.45) is 3.55. The summed E-state index contributed by atoms with van der Waals surface area (Å²) in [7, 11) is 0. The van der Waals surface area contributed by atoms with E-state index in [0.29, 0.717) is 0 Å². The van der Waals surface area contributed by atoms with Gasteiger partial charge in [0.25, 0.3) is 0 Å². The minimum Gasteiger partial charge on any atom is -0.464 e. The van der Waals surface area contributed by atoms with E-state index in [4.69, 9.17) is 4.42 Å². The summed E-state index contributed by atoms with van der Waals surface area (Å²) in [5.41, 5.74) is 0.987. The molecule has 4 nitrogen and oxygen atoms in total. The van der Waals surface area contributed by atoms with Gasteiger partial charge >= 0.3 is 0 Å². The van der Waals surface area contributed by atoms with E-state index in [0.717, 1.165) is 36.4 Å². The Kier molecular flexibility index (Phi) is 2.33. The Labute approximate surface area is 101 Å². The number of furan rings is 1. The molecule has 1 fully saturated rings. The number of hydrogen-bond donors (Lipinski definition) is 1. The van der Waals surface area contributed by atoms with Crippen LogP contribution in [-0.2, 0) is 0 Å². The highest BCUT2D eigenvalue weighted by atomic mass is 16.3. The first-order valence-corrected chi connectivity index (χ1v) is 5.99. The second-order valence-corrected chi connectivity index (χ2v) is 5.11. The molecule has 2 aromatic heterocycles. The Morgan fingerprint density at radius 2 is 2.29 bits per heavy atom. The summed E-state index contributed by atoms with van der Waals surface area (Å²) in [5.74, 6) is 1.03. The van der Waals surface area contributed by atoms with E-state index in [1.807, 2.05) is 18.3 Å². The minimum absolute atomic E-state index is 0.0802. The molecule has 1 N–H and O–H groups in total. The smallest absolute Gasteiger partial charge is 0.140 e. The van der Waals surface area contributed by atoms with Gasteiger partial charge in [0.05, 0.1) is 11.6 Å². The van der Waals surface area contributed by atoms with Crippen LogP contribution in [0.15, 0.2) is 29.0 Å². The molecule has 0 aliphatic carbocycles. The van der Waals surface area contributed by atoms with Gasteiger partial charge in [-0.25, -0.2) is 4.98 Å². The molecule has 17 heavy (non-hydrogen) atoms. The maximum absolute atomic E-state index is 5.44. The molecule has 1 aliphatic heterocycles. The van der Waals surface area contributed by atoms with Crippen molar-refractivity contribution in [3.63, 3.8) is 0 Å². The van der Waals surface area contributed by atoms with Gasteiger partial charge in [-0.1, -0.05) is 0 Å². The van der Waals surface area contributed by atoms with Crippen molar-refractivity contribution in [2.45, 2.75) is 19.4 Å². The maximum Gasteiger partial charge on any atom is 0.140 e. The zero-order valence-corrected chi connectivity index (χ0v) is 10.2. The Balaban J connectivity index is 2.11. The van der Waals surface area contributed by atoms with Crippen LogP contribution < -0.4 is 10.2 Å². The van der Waals surface area contributed by atoms with Gasteiger partial charge in [-0.15, -0.1) is 0 Å². The lowest BCUT2D eigenvalue weighted by atomic mass is 10.00. The second kappa shape index (κ2) is 3.74. The predicted octanol–water partition coefficient (Wildman–Crippen LogP) is 2.02. The van der Waals surface area contributed by atoms with Crippen LogP contribution in [0.3, 0.4) is 0 Å². The molecule has 2 aromatic rings. The predicted molar refractivity (Wildman–Crippen MR) is 68.3 cm³/mol. The average Bonchev–Trinajstić information content (AvgIpc) is 2.76. The molecule has 3 heterocycles. The van der Waals surface area contributed by atoms with Gasteiger partial charge in [0.1, 0.15) is 11.4 Å². The van der Waals surface area contributed by atoms with Crippen LogP contribution in [0.2, 0.25) is 0 Å². The van der Waals surface area contributed by atoms with Crippen LogP contribution >= 0.6 is 0 Å². The summed E-state index contributed by atoms with van der Waals surface area (Å²) in [6, 6.07) is 3.91. The lowest BCUT2D eigenvalue weighted by Crippen LogP contribution is -2.58. The van der Waals surface area contributed by atoms with Crippen molar-refractivity contribution in [3.05, 3.63) is 24.6 Å². The van der Waals surface area contributed by atoms with Crippen molar-refractivity contribution >= 4 is 16.8 Å². The number of anilines is 1. The van der Waals surface area contributed by atoms with Crippen LogP contribution in [0.1, 0.15) is 13.8 Å². The van der Waals surface area contributed by atoms with Crippen molar-refractivity contribution in [2.75, 3.05) is 24.5 Å². The first-order chi connectivity index (χ1) is 8.18. The number of nitrogens with zero attached hydrogens (tertiary/aromatic N) is 2. The molecule has 0 unspecified atom stereocenters. The van der Waals surface area contributed by atoms with Crippen molar-refractivity contribution < 1.29 is 4.42 Å². The molecule has 0 bridgehead atoms. The van der Waals surface area contributed by atoms with Gasteiger partial charge in [0, 0.05) is 31.4 Å². The third-order valence-corrected chi connectivity index (χ3v) is 3.41. The summed E-state index contributed by atoms with van der Waals surface area (Å²) < 4.78 is 5.44. The van der Waals surface area contributed by atoms with Crippen molar-refractivity contribution in [1.82, 2.24) is 10.3 Å². The monoisotopic (exact) mass is 231 g/mol. The van der Waals surface area contributed by atoms with Gasteiger partial charge in [-0.05, 0) is 26.0 Å². The highest BCUT2D eigenvalue weighted by Gasteiger charge is 2.31. The third-order valence-electron chi connectivity index (χ3n) is 3.41. The van der Waals surface area contributed by atoms with E-state index in [9.17, 15) is 0 Å². The summed E-state index contributed by atoms with van der Waals surface area (Å²) >= 11 is 0. The van der Waals surface area contributed by atoms with Gasteiger partial charge in [-0.3, -0.25) is 0 Å². The number of rotatable bonds is 1. The molecule has 90 valence electrons. The zero-order chi connectivity index (χ0) is 11.9. The molecule has 0 aromatic carbocycles. The fourth-order valence-electron chi connectivity index (χ4n) is 2.47. The Morgan fingerprint density at radius 1 is 1.41 bits per heavy atom. The third kappa shape index (κ3) is 1.69. The van der Waals surface area contributed by atoms with Crippen LogP contribution in [0.4, 0.5) is 5.82 Å². The number of nitrogens with one attached hydrogen (secondary N) is 1. The summed E-state index contributed by atoms with van der Waals surface area (Å²) in [4.78, 5) is 6.90. The Bertz CT molecular complexity index is 532. The van der Waals surface area contributed by atoms with Crippen LogP contribution in [0.5, 0.6) is 0 Å². The van der Waals surface area contributed by atoms with Gasteiger partial charge in [0.2, 0.25) is 0 Å². The zero-order valence-electron chi connectivity index (χ0n) is 10.2. The molecule has 0 spiro atoms. The number of aromatic nitrogens is 1. The molecule has 1 aliphatic rings. The second-order valence-electron chi connectivity index (χ2n) is 5.11. The van der Waals surface area contributed by atoms with Crippen LogP contribution in [0, 0.1) is 0 Å². The number of pyridine rings is 1. The Morgan fingerprint density at radius 3 is 3.12 bits per heavy atom. The molecule has 1 saturated heterocycles. The molecular formula is C13H17N3O. The van der Waals surface area contributed by atoms with E-state index in [2.05, 4.69) is 29.0 Å². The highest BCUT2D eigenvalue weighted by Crippen LogP contribution is 2.30. The lowest BCUT2D eigenvalue weighted by molar-refractivity contribution is 0.379. The fourth-order valence-corrected chi connectivity index (χ4v) is 2.47. The number of piperazine rings is 1. The van der Waals surface area contributed by atoms with E-state index in [1.165, 1.54) is 0 Å². The molecular weight excluding hydrogens is 214 g/mol. The molecule has 3 rings (SSSR count). The molecule has 0 amide bonds.